The van der Waals surface area contributed by atoms with Crippen molar-refractivity contribution in [3.05, 3.63) is 29.6 Å². The number of pyridine rings is 1. The number of carbonyl (C=O) groups excluding carboxylic acids is 1. The first kappa shape index (κ1) is 17.0. The third-order valence-electron chi connectivity index (χ3n) is 5.04. The fourth-order valence-electron chi connectivity index (χ4n) is 3.46. The molecule has 3 rings (SSSR count). The first-order chi connectivity index (χ1) is 11.5. The van der Waals surface area contributed by atoms with Crippen LogP contribution in [0.25, 0.3) is 11.0 Å². The number of amides is 1. The van der Waals surface area contributed by atoms with E-state index in [0.717, 1.165) is 43.8 Å². The smallest absolute Gasteiger partial charge is 0.219 e. The molecule has 1 fully saturated rings. The summed E-state index contributed by atoms with van der Waals surface area (Å²) in [5, 5.41) is 4.89. The number of hydrogen-bond acceptors (Lipinski definition) is 3. The Morgan fingerprint density at radius 2 is 2.04 bits per heavy atom. The van der Waals surface area contributed by atoms with Gasteiger partial charge in [-0.15, -0.1) is 0 Å². The Labute approximate surface area is 144 Å². The molecule has 1 aliphatic rings. The largest absolute Gasteiger partial charge is 0.343 e. The van der Waals surface area contributed by atoms with Crippen LogP contribution in [0.1, 0.15) is 50.8 Å². The van der Waals surface area contributed by atoms with Crippen LogP contribution in [0.3, 0.4) is 0 Å². The molecule has 1 aliphatic heterocycles. The fraction of sp³-hybridized carbons (Fsp3) is 0.579. The minimum atomic E-state index is 0.189. The summed E-state index contributed by atoms with van der Waals surface area (Å²) >= 11 is 0. The third kappa shape index (κ3) is 3.46. The number of nitrogens with one attached hydrogen (secondary N) is 1. The SMILES string of the molecule is CC(=O)N1CCC(NCc2cn(C)c3nc(C(C)C)ccc23)CC1. The number of hydrogen-bond donors (Lipinski definition) is 1. The molecule has 130 valence electrons. The van der Waals surface area contributed by atoms with Gasteiger partial charge in [0.1, 0.15) is 5.65 Å². The zero-order valence-electron chi connectivity index (χ0n) is 15.2. The summed E-state index contributed by atoms with van der Waals surface area (Å²) in [5.41, 5.74) is 3.49. The Kier molecular flexibility index (Phi) is 4.90. The number of likely N-dealkylation sites (tertiary alicyclic amines) is 1. The van der Waals surface area contributed by atoms with Crippen molar-refractivity contribution in [2.24, 2.45) is 7.05 Å². The van der Waals surface area contributed by atoms with E-state index < -0.39 is 0 Å². The molecule has 1 saturated heterocycles. The minimum absolute atomic E-state index is 0.189. The van der Waals surface area contributed by atoms with E-state index in [0.29, 0.717) is 12.0 Å². The summed E-state index contributed by atoms with van der Waals surface area (Å²) in [7, 11) is 2.06. The first-order valence-corrected chi connectivity index (χ1v) is 8.89. The van der Waals surface area contributed by atoms with Crippen molar-refractivity contribution >= 4 is 16.9 Å². The molecular formula is C19H28N4O. The van der Waals surface area contributed by atoms with Gasteiger partial charge >= 0.3 is 0 Å². The Balaban J connectivity index is 1.67. The van der Waals surface area contributed by atoms with Crippen molar-refractivity contribution in [2.75, 3.05) is 13.1 Å². The van der Waals surface area contributed by atoms with E-state index in [9.17, 15) is 4.79 Å². The van der Waals surface area contributed by atoms with Crippen molar-refractivity contribution in [2.45, 2.75) is 52.1 Å². The summed E-state index contributed by atoms with van der Waals surface area (Å²) in [6, 6.07) is 4.83. The van der Waals surface area contributed by atoms with Gasteiger partial charge in [0.05, 0.1) is 0 Å². The number of fused-ring (bicyclic) bond motifs is 1. The maximum atomic E-state index is 11.4. The van der Waals surface area contributed by atoms with Gasteiger partial charge < -0.3 is 14.8 Å². The van der Waals surface area contributed by atoms with Crippen LogP contribution in [0.2, 0.25) is 0 Å². The average Bonchev–Trinajstić information content (AvgIpc) is 2.89. The van der Waals surface area contributed by atoms with Crippen molar-refractivity contribution in [1.29, 1.82) is 0 Å². The molecule has 24 heavy (non-hydrogen) atoms. The molecule has 2 aromatic heterocycles. The molecule has 3 heterocycles. The van der Waals surface area contributed by atoms with Gasteiger partial charge in [0.25, 0.3) is 0 Å². The lowest BCUT2D eigenvalue weighted by Crippen LogP contribution is -2.43. The van der Waals surface area contributed by atoms with E-state index in [2.05, 4.69) is 49.1 Å². The van der Waals surface area contributed by atoms with Crippen LogP contribution in [0.15, 0.2) is 18.3 Å². The number of carbonyl (C=O) groups is 1. The maximum Gasteiger partial charge on any atom is 0.219 e. The molecule has 0 bridgehead atoms. The summed E-state index contributed by atoms with van der Waals surface area (Å²) in [6.07, 6.45) is 4.24. The summed E-state index contributed by atoms with van der Waals surface area (Å²) in [5.74, 6) is 0.631. The standard InChI is InChI=1S/C19H28N4O/c1-13(2)18-6-5-17-15(12-22(4)19(17)21-18)11-20-16-7-9-23(10-8-16)14(3)24/h5-6,12-13,16,20H,7-11H2,1-4H3. The number of aryl methyl sites for hydroxylation is 1. The average molecular weight is 328 g/mol. The molecular weight excluding hydrogens is 300 g/mol. The van der Waals surface area contributed by atoms with Gasteiger partial charge in [-0.1, -0.05) is 13.8 Å². The highest BCUT2D eigenvalue weighted by atomic mass is 16.2. The van der Waals surface area contributed by atoms with Crippen LogP contribution in [0.4, 0.5) is 0 Å². The van der Waals surface area contributed by atoms with Crippen molar-refractivity contribution in [3.63, 3.8) is 0 Å². The van der Waals surface area contributed by atoms with Crippen LogP contribution < -0.4 is 5.32 Å². The highest BCUT2D eigenvalue weighted by Crippen LogP contribution is 2.22. The zero-order valence-corrected chi connectivity index (χ0v) is 15.2. The zero-order chi connectivity index (χ0) is 17.3. The van der Waals surface area contributed by atoms with Gasteiger partial charge in [0.15, 0.2) is 0 Å². The van der Waals surface area contributed by atoms with Crippen LogP contribution in [-0.4, -0.2) is 39.5 Å². The number of rotatable bonds is 4. The molecule has 0 atom stereocenters. The number of aromatic nitrogens is 2. The second kappa shape index (κ2) is 6.93. The Morgan fingerprint density at radius 1 is 1.33 bits per heavy atom. The van der Waals surface area contributed by atoms with E-state index >= 15 is 0 Å². The molecule has 0 aliphatic carbocycles. The molecule has 0 unspecified atom stereocenters. The van der Waals surface area contributed by atoms with Crippen molar-refractivity contribution in [3.8, 4) is 0 Å². The van der Waals surface area contributed by atoms with E-state index in [1.807, 2.05) is 4.90 Å². The molecule has 0 saturated carbocycles. The second-order valence-electron chi connectivity index (χ2n) is 7.19. The predicted molar refractivity (Wildman–Crippen MR) is 96.9 cm³/mol. The number of piperidine rings is 1. The normalized spacial score (nSPS) is 16.3. The topological polar surface area (TPSA) is 50.2 Å². The molecule has 1 amide bonds. The van der Waals surface area contributed by atoms with E-state index in [-0.39, 0.29) is 5.91 Å². The lowest BCUT2D eigenvalue weighted by molar-refractivity contribution is -0.129. The Bertz CT molecular complexity index is 726. The van der Waals surface area contributed by atoms with Crippen molar-refractivity contribution < 1.29 is 4.79 Å². The van der Waals surface area contributed by atoms with Gasteiger partial charge in [-0.25, -0.2) is 4.98 Å². The second-order valence-corrected chi connectivity index (χ2v) is 7.19. The Morgan fingerprint density at radius 3 is 2.67 bits per heavy atom. The predicted octanol–water partition coefficient (Wildman–Crippen LogP) is 2.80. The third-order valence-corrected chi connectivity index (χ3v) is 5.04. The van der Waals surface area contributed by atoms with Gasteiger partial charge in [0.2, 0.25) is 5.91 Å². The monoisotopic (exact) mass is 328 g/mol. The fourth-order valence-corrected chi connectivity index (χ4v) is 3.46. The first-order valence-electron chi connectivity index (χ1n) is 8.89. The van der Waals surface area contributed by atoms with Crippen molar-refractivity contribution in [1.82, 2.24) is 19.8 Å². The highest BCUT2D eigenvalue weighted by molar-refractivity contribution is 5.80. The van der Waals surface area contributed by atoms with Gasteiger partial charge in [0, 0.05) is 56.9 Å². The van der Waals surface area contributed by atoms with E-state index in [1.165, 1.54) is 10.9 Å². The van der Waals surface area contributed by atoms with Crippen LogP contribution >= 0.6 is 0 Å². The molecule has 0 aromatic carbocycles. The minimum Gasteiger partial charge on any atom is -0.343 e. The van der Waals surface area contributed by atoms with Crippen LogP contribution in [-0.2, 0) is 18.4 Å². The van der Waals surface area contributed by atoms with Crippen LogP contribution in [0, 0.1) is 0 Å². The summed E-state index contributed by atoms with van der Waals surface area (Å²) in [4.78, 5) is 18.2. The van der Waals surface area contributed by atoms with Gasteiger partial charge in [-0.3, -0.25) is 4.79 Å². The quantitative estimate of drug-likeness (QED) is 0.939. The highest BCUT2D eigenvalue weighted by Gasteiger charge is 2.20. The van der Waals surface area contributed by atoms with E-state index in [1.54, 1.807) is 6.92 Å². The Hall–Kier alpha value is -1.88. The lowest BCUT2D eigenvalue weighted by atomic mass is 10.0. The summed E-state index contributed by atoms with van der Waals surface area (Å²) < 4.78 is 2.12. The van der Waals surface area contributed by atoms with Gasteiger partial charge in [-0.05, 0) is 36.5 Å². The molecule has 1 N–H and O–H groups in total. The molecule has 5 nitrogen and oxygen atoms in total. The van der Waals surface area contributed by atoms with E-state index in [4.69, 9.17) is 4.98 Å². The lowest BCUT2D eigenvalue weighted by Gasteiger charge is -2.31. The molecule has 5 heteroatoms. The van der Waals surface area contributed by atoms with Gasteiger partial charge in [-0.2, -0.15) is 0 Å². The molecule has 0 radical (unpaired) electrons. The summed E-state index contributed by atoms with van der Waals surface area (Å²) in [6.45, 7) is 8.58. The maximum absolute atomic E-state index is 11.4. The van der Waals surface area contributed by atoms with Crippen LogP contribution in [0.5, 0.6) is 0 Å². The molecule has 2 aromatic rings. The molecule has 0 spiro atoms. The number of nitrogens with zero attached hydrogens (tertiary/aromatic N) is 3.